The van der Waals surface area contributed by atoms with Crippen molar-refractivity contribution >= 4 is 0 Å². The molecule has 0 spiro atoms. The zero-order valence-electron chi connectivity index (χ0n) is 7.71. The summed E-state index contributed by atoms with van der Waals surface area (Å²) in [6, 6.07) is 1.13. The van der Waals surface area contributed by atoms with Gasteiger partial charge in [0.15, 0.2) is 5.60 Å². The lowest BCUT2D eigenvalue weighted by atomic mass is 10.0. The Morgan fingerprint density at radius 2 is 2.07 bits per heavy atom. The highest BCUT2D eigenvalue weighted by atomic mass is 19.4. The van der Waals surface area contributed by atoms with Gasteiger partial charge in [0.1, 0.15) is 0 Å². The van der Waals surface area contributed by atoms with Gasteiger partial charge in [-0.2, -0.15) is 13.2 Å². The molecule has 3 nitrogen and oxygen atoms in total. The fourth-order valence-corrected chi connectivity index (χ4v) is 0.840. The molecule has 1 rings (SSSR count). The molecule has 1 atom stereocenters. The second kappa shape index (κ2) is 3.51. The molecule has 1 aromatic heterocycles. The van der Waals surface area contributed by atoms with Crippen molar-refractivity contribution in [3.8, 4) is 12.3 Å². The molecule has 0 radical (unpaired) electrons. The van der Waals surface area contributed by atoms with Gasteiger partial charge in [0.25, 0.3) is 0 Å². The molecule has 0 saturated heterocycles. The van der Waals surface area contributed by atoms with Crippen LogP contribution >= 0.6 is 0 Å². The third kappa shape index (κ3) is 2.44. The van der Waals surface area contributed by atoms with Gasteiger partial charge in [0.05, 0.1) is 5.69 Å². The fraction of sp³-hybridized carbons (Fsp3) is 0.333. The molecule has 0 saturated carbocycles. The van der Waals surface area contributed by atoms with Gasteiger partial charge in [-0.3, -0.25) is 0 Å². The smallest absolute Gasteiger partial charge is 0.372 e. The first-order chi connectivity index (χ1) is 6.77. The standard InChI is InChI=1S/C9H7F3N2O/c1-3-8(2,15)6-4-5-13-7(14-6)9(10,11)12/h1,4-5,15H,2H3/t8-/m1/s1. The van der Waals surface area contributed by atoms with Crippen LogP contribution in [0.2, 0.25) is 0 Å². The molecular weight excluding hydrogens is 209 g/mol. The highest BCUT2D eigenvalue weighted by Gasteiger charge is 2.36. The minimum atomic E-state index is -4.65. The first-order valence-electron chi connectivity index (χ1n) is 3.88. The molecule has 1 heterocycles. The monoisotopic (exact) mass is 216 g/mol. The van der Waals surface area contributed by atoms with E-state index in [1.54, 1.807) is 0 Å². The van der Waals surface area contributed by atoms with Crippen molar-refractivity contribution in [1.29, 1.82) is 0 Å². The van der Waals surface area contributed by atoms with Crippen LogP contribution in [0.3, 0.4) is 0 Å². The lowest BCUT2D eigenvalue weighted by molar-refractivity contribution is -0.145. The minimum absolute atomic E-state index is 0.257. The second-order valence-corrected chi connectivity index (χ2v) is 2.98. The van der Waals surface area contributed by atoms with Crippen LogP contribution in [-0.2, 0) is 11.8 Å². The number of hydrogen-bond donors (Lipinski definition) is 1. The maximum atomic E-state index is 12.2. The quantitative estimate of drug-likeness (QED) is 0.720. The molecule has 0 fully saturated rings. The topological polar surface area (TPSA) is 46.0 Å². The van der Waals surface area contributed by atoms with Gasteiger partial charge in [0.2, 0.25) is 5.82 Å². The number of alkyl halides is 3. The second-order valence-electron chi connectivity index (χ2n) is 2.98. The summed E-state index contributed by atoms with van der Waals surface area (Å²) in [5, 5.41) is 9.49. The van der Waals surface area contributed by atoms with E-state index in [0.717, 1.165) is 12.3 Å². The molecule has 0 bridgehead atoms. The van der Waals surface area contributed by atoms with Crippen molar-refractivity contribution in [2.75, 3.05) is 0 Å². The van der Waals surface area contributed by atoms with Gasteiger partial charge in [-0.15, -0.1) is 6.42 Å². The van der Waals surface area contributed by atoms with Crippen LogP contribution in [0.1, 0.15) is 18.4 Å². The van der Waals surface area contributed by atoms with E-state index >= 15 is 0 Å². The van der Waals surface area contributed by atoms with Crippen molar-refractivity contribution in [2.45, 2.75) is 18.7 Å². The van der Waals surface area contributed by atoms with Crippen molar-refractivity contribution in [3.05, 3.63) is 23.8 Å². The van der Waals surface area contributed by atoms with Crippen LogP contribution in [0.25, 0.3) is 0 Å². The predicted octanol–water partition coefficient (Wildman–Crippen LogP) is 1.34. The molecule has 0 aliphatic heterocycles. The molecule has 0 aromatic carbocycles. The van der Waals surface area contributed by atoms with Crippen LogP contribution in [-0.4, -0.2) is 15.1 Å². The van der Waals surface area contributed by atoms with Crippen LogP contribution in [0.15, 0.2) is 12.3 Å². The Hall–Kier alpha value is -1.61. The largest absolute Gasteiger partial charge is 0.451 e. The highest BCUT2D eigenvalue weighted by molar-refractivity contribution is 5.22. The van der Waals surface area contributed by atoms with Gasteiger partial charge in [-0.1, -0.05) is 5.92 Å². The Morgan fingerprint density at radius 3 is 2.53 bits per heavy atom. The summed E-state index contributed by atoms with van der Waals surface area (Å²) < 4.78 is 36.6. The summed E-state index contributed by atoms with van der Waals surface area (Å²) in [5.74, 6) is 0.611. The van der Waals surface area contributed by atoms with Crippen LogP contribution in [0, 0.1) is 12.3 Å². The molecule has 0 unspecified atom stereocenters. The van der Waals surface area contributed by atoms with Gasteiger partial charge >= 0.3 is 6.18 Å². The van der Waals surface area contributed by atoms with E-state index in [0.29, 0.717) is 0 Å². The summed E-state index contributed by atoms with van der Waals surface area (Å²) in [5.41, 5.74) is -2.09. The van der Waals surface area contributed by atoms with E-state index in [9.17, 15) is 18.3 Å². The van der Waals surface area contributed by atoms with Gasteiger partial charge in [0, 0.05) is 6.20 Å². The van der Waals surface area contributed by atoms with E-state index in [2.05, 4.69) is 9.97 Å². The van der Waals surface area contributed by atoms with E-state index in [1.165, 1.54) is 6.92 Å². The molecule has 15 heavy (non-hydrogen) atoms. The zero-order chi connectivity index (χ0) is 11.7. The van der Waals surface area contributed by atoms with Crippen molar-refractivity contribution < 1.29 is 18.3 Å². The number of terminal acetylenes is 1. The third-order valence-electron chi connectivity index (χ3n) is 1.69. The molecule has 1 N–H and O–H groups in total. The lowest BCUT2D eigenvalue weighted by Gasteiger charge is -2.16. The Kier molecular flexibility index (Phi) is 2.69. The van der Waals surface area contributed by atoms with E-state index in [4.69, 9.17) is 6.42 Å². The predicted molar refractivity (Wildman–Crippen MR) is 45.4 cm³/mol. The zero-order valence-corrected chi connectivity index (χ0v) is 7.71. The maximum Gasteiger partial charge on any atom is 0.451 e. The summed E-state index contributed by atoms with van der Waals surface area (Å²) >= 11 is 0. The van der Waals surface area contributed by atoms with Gasteiger partial charge < -0.3 is 5.11 Å². The minimum Gasteiger partial charge on any atom is -0.372 e. The van der Waals surface area contributed by atoms with Crippen molar-refractivity contribution in [1.82, 2.24) is 9.97 Å². The Morgan fingerprint density at radius 1 is 1.47 bits per heavy atom. The van der Waals surface area contributed by atoms with Crippen molar-refractivity contribution in [3.63, 3.8) is 0 Å². The number of hydrogen-bond acceptors (Lipinski definition) is 3. The SMILES string of the molecule is C#C[C@@](C)(O)c1ccnc(C(F)(F)F)n1. The lowest BCUT2D eigenvalue weighted by Crippen LogP contribution is -2.23. The Bertz CT molecular complexity index is 407. The Balaban J connectivity index is 3.22. The first kappa shape index (κ1) is 11.5. The van der Waals surface area contributed by atoms with Gasteiger partial charge in [-0.25, -0.2) is 9.97 Å². The molecule has 0 aliphatic carbocycles. The molecule has 6 heteroatoms. The summed E-state index contributed by atoms with van der Waals surface area (Å²) in [7, 11) is 0. The molecule has 0 aliphatic rings. The normalized spacial score (nSPS) is 15.5. The third-order valence-corrected chi connectivity index (χ3v) is 1.69. The van der Waals surface area contributed by atoms with E-state index in [-0.39, 0.29) is 5.69 Å². The van der Waals surface area contributed by atoms with Crippen LogP contribution in [0.5, 0.6) is 0 Å². The number of halogens is 3. The molecule has 0 amide bonds. The van der Waals surface area contributed by atoms with Gasteiger partial charge in [-0.05, 0) is 13.0 Å². The molecule has 80 valence electrons. The summed E-state index contributed by atoms with van der Waals surface area (Å²) in [6.45, 7) is 1.18. The Labute approximate surface area is 84.0 Å². The number of aromatic nitrogens is 2. The van der Waals surface area contributed by atoms with Crippen LogP contribution in [0.4, 0.5) is 13.2 Å². The summed E-state index contributed by atoms with van der Waals surface area (Å²) in [4.78, 5) is 6.20. The average molecular weight is 216 g/mol. The first-order valence-corrected chi connectivity index (χ1v) is 3.88. The molecule has 1 aromatic rings. The van der Waals surface area contributed by atoms with Crippen molar-refractivity contribution in [2.24, 2.45) is 0 Å². The number of rotatable bonds is 1. The van der Waals surface area contributed by atoms with E-state index in [1.807, 2.05) is 5.92 Å². The number of aliphatic hydroxyl groups is 1. The highest BCUT2D eigenvalue weighted by Crippen LogP contribution is 2.27. The fourth-order valence-electron chi connectivity index (χ4n) is 0.840. The average Bonchev–Trinajstić information content (AvgIpc) is 2.17. The maximum absolute atomic E-state index is 12.2. The van der Waals surface area contributed by atoms with Crippen LogP contribution < -0.4 is 0 Å². The van der Waals surface area contributed by atoms with E-state index < -0.39 is 17.6 Å². The number of nitrogens with zero attached hydrogens (tertiary/aromatic N) is 2. The molecular formula is C9H7F3N2O. The summed E-state index contributed by atoms with van der Waals surface area (Å²) in [6.07, 6.45) is 1.20.